The van der Waals surface area contributed by atoms with Crippen molar-refractivity contribution in [2.24, 2.45) is 0 Å². The van der Waals surface area contributed by atoms with Crippen molar-refractivity contribution in [3.8, 4) is 33.9 Å². The van der Waals surface area contributed by atoms with Gasteiger partial charge in [-0.2, -0.15) is 26.3 Å². The monoisotopic (exact) mass is 1030 g/mol. The molecule has 0 spiro atoms. The van der Waals surface area contributed by atoms with E-state index in [2.05, 4.69) is 97.9 Å². The van der Waals surface area contributed by atoms with Crippen LogP contribution in [0.4, 0.5) is 69.1 Å². The molecule has 0 bridgehead atoms. The summed E-state index contributed by atoms with van der Waals surface area (Å²) in [6, 6.07) is 19.6. The fourth-order valence-electron chi connectivity index (χ4n) is 4.78. The second kappa shape index (κ2) is 19.6. The molecular formula is C42H34F16N4PRu. The van der Waals surface area contributed by atoms with Crippen LogP contribution in [0.3, 0.4) is 0 Å². The molecule has 0 aliphatic heterocycles. The molecule has 6 aromatic rings. The second-order valence-electron chi connectivity index (χ2n) is 15.3. The normalized spacial score (nSPS) is 13.0. The summed E-state index contributed by atoms with van der Waals surface area (Å²) < 4.78 is 185. The molecule has 347 valence electrons. The Balaban J connectivity index is 0.000000305. The molecule has 0 atom stereocenters. The third kappa shape index (κ3) is 19.0. The fraction of sp³-hybridized carbons (Fsp3) is 0.238. The van der Waals surface area contributed by atoms with E-state index in [0.29, 0.717) is 24.5 Å². The largest absolute Gasteiger partial charge is 3.00 e. The SMILES string of the molecule is CC(C)(C)c1ccnc(-c2cc(C(C)(C)C)ccn2)c1.F[P-](F)(F)(F)(F)F.Fc1c[c-]c(-c2ccc(C(F)(F)F)cn2)c(F)c1.Fc1c[c-]c(-c2ccc(C(F)(F)F)cn2)c(F)c1.[Ru+3]. The Kier molecular flexibility index (Phi) is 16.9. The van der Waals surface area contributed by atoms with Crippen LogP contribution in [0.2, 0.25) is 0 Å². The van der Waals surface area contributed by atoms with E-state index in [0.717, 1.165) is 47.8 Å². The second-order valence-corrected chi connectivity index (χ2v) is 17.2. The van der Waals surface area contributed by atoms with Crippen molar-refractivity contribution < 1.29 is 88.6 Å². The van der Waals surface area contributed by atoms with Crippen molar-refractivity contribution in [1.82, 2.24) is 19.9 Å². The summed E-state index contributed by atoms with van der Waals surface area (Å²) in [4.78, 5) is 16.0. The van der Waals surface area contributed by atoms with Crippen LogP contribution in [0.25, 0.3) is 33.9 Å². The van der Waals surface area contributed by atoms with Crippen LogP contribution in [-0.2, 0) is 42.7 Å². The van der Waals surface area contributed by atoms with Gasteiger partial charge in [0.05, 0.1) is 22.5 Å². The van der Waals surface area contributed by atoms with Crippen LogP contribution in [0.1, 0.15) is 63.8 Å². The summed E-state index contributed by atoms with van der Waals surface area (Å²) in [5, 5.41) is 0. The predicted molar refractivity (Wildman–Crippen MR) is 205 cm³/mol. The van der Waals surface area contributed by atoms with Crippen molar-refractivity contribution in [2.75, 3.05) is 0 Å². The molecule has 0 amide bonds. The van der Waals surface area contributed by atoms with E-state index in [-0.39, 0.29) is 52.8 Å². The Morgan fingerprint density at radius 1 is 0.438 bits per heavy atom. The molecular weight excluding hydrogens is 997 g/mol. The number of hydrogen-bond acceptors (Lipinski definition) is 4. The quantitative estimate of drug-likeness (QED) is 0.0767. The average Bonchev–Trinajstić information content (AvgIpc) is 3.13. The average molecular weight is 1030 g/mol. The molecule has 6 rings (SSSR count). The van der Waals surface area contributed by atoms with Crippen LogP contribution < -0.4 is 0 Å². The van der Waals surface area contributed by atoms with E-state index in [4.69, 9.17) is 0 Å². The number of alkyl halides is 6. The first-order valence-electron chi connectivity index (χ1n) is 17.7. The number of rotatable bonds is 3. The van der Waals surface area contributed by atoms with Crippen molar-refractivity contribution in [3.05, 3.63) is 155 Å². The van der Waals surface area contributed by atoms with E-state index in [1.807, 2.05) is 12.4 Å². The van der Waals surface area contributed by atoms with Gasteiger partial charge in [-0.1, -0.05) is 89.1 Å². The van der Waals surface area contributed by atoms with E-state index in [1.165, 1.54) is 11.1 Å². The third-order valence-electron chi connectivity index (χ3n) is 7.92. The van der Waals surface area contributed by atoms with Crippen LogP contribution in [0, 0.1) is 35.4 Å². The topological polar surface area (TPSA) is 51.6 Å². The maximum absolute atomic E-state index is 13.3. The molecule has 0 aliphatic carbocycles. The first kappa shape index (κ1) is 55.1. The molecule has 4 nitrogen and oxygen atoms in total. The fourth-order valence-corrected chi connectivity index (χ4v) is 4.78. The molecule has 0 aliphatic rings. The Bertz CT molecular complexity index is 2310. The molecule has 64 heavy (non-hydrogen) atoms. The van der Waals surface area contributed by atoms with Gasteiger partial charge in [-0.15, -0.1) is 24.3 Å². The summed E-state index contributed by atoms with van der Waals surface area (Å²) in [6.45, 7) is 13.3. The minimum atomic E-state index is -10.7. The summed E-state index contributed by atoms with van der Waals surface area (Å²) in [5.41, 5.74) is 2.40. The number of nitrogens with zero attached hydrogens (tertiary/aromatic N) is 4. The van der Waals surface area contributed by atoms with Gasteiger partial charge in [0.1, 0.15) is 0 Å². The number of benzene rings is 2. The van der Waals surface area contributed by atoms with Crippen molar-refractivity contribution in [1.29, 1.82) is 0 Å². The number of pyridine rings is 4. The van der Waals surface area contributed by atoms with Gasteiger partial charge in [0.25, 0.3) is 0 Å². The van der Waals surface area contributed by atoms with Gasteiger partial charge in [0.15, 0.2) is 0 Å². The summed E-state index contributed by atoms with van der Waals surface area (Å²) >= 11 is 0. The van der Waals surface area contributed by atoms with Crippen molar-refractivity contribution >= 4 is 7.81 Å². The van der Waals surface area contributed by atoms with Gasteiger partial charge in [-0.25, -0.2) is 0 Å². The van der Waals surface area contributed by atoms with E-state index < -0.39 is 54.6 Å². The van der Waals surface area contributed by atoms with Gasteiger partial charge in [0.2, 0.25) is 0 Å². The van der Waals surface area contributed by atoms with Crippen LogP contribution in [-0.4, -0.2) is 19.9 Å². The minimum Gasteiger partial charge on any atom is -0.304 e. The smallest absolute Gasteiger partial charge is 0.304 e. The van der Waals surface area contributed by atoms with E-state index in [9.17, 15) is 69.1 Å². The van der Waals surface area contributed by atoms with Gasteiger partial charge < -0.3 is 9.97 Å². The zero-order valence-corrected chi connectivity index (χ0v) is 36.5. The Labute approximate surface area is 369 Å². The Hall–Kier alpha value is -5.03. The first-order chi connectivity index (χ1) is 28.4. The molecule has 0 fully saturated rings. The van der Waals surface area contributed by atoms with E-state index >= 15 is 0 Å². The van der Waals surface area contributed by atoms with Crippen LogP contribution in [0.15, 0.2) is 97.6 Å². The van der Waals surface area contributed by atoms with Gasteiger partial charge in [-0.3, -0.25) is 27.5 Å². The summed E-state index contributed by atoms with van der Waals surface area (Å²) in [7, 11) is -10.7. The maximum atomic E-state index is 13.3. The van der Waals surface area contributed by atoms with Crippen LogP contribution >= 0.6 is 7.81 Å². The van der Waals surface area contributed by atoms with Gasteiger partial charge >= 0.3 is 64.8 Å². The van der Waals surface area contributed by atoms with Gasteiger partial charge in [0, 0.05) is 48.1 Å². The standard InChI is InChI=1S/C18H24N2.2C12H5F5N.F6P.Ru/c1-17(2,3)13-7-9-19-15(11-13)16-12-14(8-10-20-16)18(4,5)6;2*13-8-2-3-9(10(14)5-8)11-4-1-7(6-18-11)12(15,16)17;1-7(2,3,4,5)6;/h7-12H,1-6H3;2*1-2,4-6H;;/q;3*-1;+3. The predicted octanol–water partition coefficient (Wildman–Crippen LogP) is 15.8. The molecule has 22 heteroatoms. The van der Waals surface area contributed by atoms with Crippen molar-refractivity contribution in [3.63, 3.8) is 0 Å². The number of hydrogen-bond donors (Lipinski definition) is 0. The first-order valence-corrected chi connectivity index (χ1v) is 19.7. The number of halogens is 16. The van der Waals surface area contributed by atoms with Crippen molar-refractivity contribution in [2.45, 2.75) is 64.7 Å². The molecule has 0 N–H and O–H groups in total. The molecule has 4 aromatic heterocycles. The third-order valence-corrected chi connectivity index (χ3v) is 7.92. The molecule has 2 aromatic carbocycles. The zero-order chi connectivity index (χ0) is 48.0. The minimum absolute atomic E-state index is 0. The molecule has 0 saturated heterocycles. The summed E-state index contributed by atoms with van der Waals surface area (Å²) in [6.07, 6.45) is -4.08. The molecule has 4 heterocycles. The Morgan fingerprint density at radius 2 is 0.750 bits per heavy atom. The Morgan fingerprint density at radius 3 is 0.984 bits per heavy atom. The van der Waals surface area contributed by atoms with E-state index in [1.54, 1.807) is 0 Å². The molecule has 1 radical (unpaired) electrons. The van der Waals surface area contributed by atoms with Gasteiger partial charge in [-0.05, 0) is 57.6 Å². The van der Waals surface area contributed by atoms with Crippen LogP contribution in [0.5, 0.6) is 0 Å². The molecule has 0 unspecified atom stereocenters. The maximum Gasteiger partial charge on any atom is 3.00 e. The number of aromatic nitrogens is 4. The molecule has 0 saturated carbocycles. The summed E-state index contributed by atoms with van der Waals surface area (Å²) in [5.74, 6) is -3.49. The zero-order valence-electron chi connectivity index (χ0n) is 33.9.